The normalized spacial score (nSPS) is 10.5. The van der Waals surface area contributed by atoms with Crippen molar-refractivity contribution in [1.29, 1.82) is 0 Å². The molecule has 1 amide bonds. The Morgan fingerprint density at radius 2 is 2.09 bits per heavy atom. The predicted octanol–water partition coefficient (Wildman–Crippen LogP) is 2.36. The first-order valence-corrected chi connectivity index (χ1v) is 7.29. The fourth-order valence-corrected chi connectivity index (χ4v) is 2.19. The molecule has 0 aliphatic rings. The van der Waals surface area contributed by atoms with E-state index in [1.807, 2.05) is 0 Å². The molecule has 0 aliphatic heterocycles. The molecular weight excluding hydrogens is 321 g/mol. The van der Waals surface area contributed by atoms with Gasteiger partial charge in [-0.15, -0.1) is 0 Å². The second-order valence-corrected chi connectivity index (χ2v) is 5.58. The van der Waals surface area contributed by atoms with Crippen molar-refractivity contribution in [2.75, 3.05) is 19.0 Å². The number of aliphatic hydroxyl groups is 1. The molecular formula is C16H17ClFN3O2. The number of nitrogens with zero attached hydrogens (tertiary/aromatic N) is 2. The minimum Gasteiger partial charge on any atom is -0.392 e. The summed E-state index contributed by atoms with van der Waals surface area (Å²) in [5, 5.41) is 12.0. The SMILES string of the molecule is CN(C)c1cc(C(=O)NCc2ccc(F)c(CO)c2)cc(Cl)n1. The molecule has 7 heteroatoms. The molecule has 1 aromatic carbocycles. The summed E-state index contributed by atoms with van der Waals surface area (Å²) in [6.07, 6.45) is 0. The van der Waals surface area contributed by atoms with Gasteiger partial charge in [0, 0.05) is 31.8 Å². The molecule has 0 unspecified atom stereocenters. The molecule has 2 N–H and O–H groups in total. The molecule has 1 aromatic heterocycles. The third-order valence-electron chi connectivity index (χ3n) is 3.23. The van der Waals surface area contributed by atoms with Crippen LogP contribution in [-0.4, -0.2) is 30.1 Å². The van der Waals surface area contributed by atoms with Gasteiger partial charge in [-0.1, -0.05) is 17.7 Å². The Balaban J connectivity index is 2.11. The van der Waals surface area contributed by atoms with Gasteiger partial charge in [0.25, 0.3) is 5.91 Å². The Hall–Kier alpha value is -2.18. The van der Waals surface area contributed by atoms with E-state index in [0.717, 1.165) is 0 Å². The maximum absolute atomic E-state index is 13.3. The zero-order valence-corrected chi connectivity index (χ0v) is 13.6. The largest absolute Gasteiger partial charge is 0.392 e. The fraction of sp³-hybridized carbons (Fsp3) is 0.250. The van der Waals surface area contributed by atoms with Gasteiger partial charge in [0.1, 0.15) is 16.8 Å². The van der Waals surface area contributed by atoms with Crippen LogP contribution in [0.2, 0.25) is 5.15 Å². The number of amides is 1. The van der Waals surface area contributed by atoms with E-state index in [0.29, 0.717) is 16.9 Å². The molecule has 0 aliphatic carbocycles. The lowest BCUT2D eigenvalue weighted by atomic mass is 10.1. The van der Waals surface area contributed by atoms with Gasteiger partial charge in [-0.25, -0.2) is 9.37 Å². The summed E-state index contributed by atoms with van der Waals surface area (Å²) in [5.74, 6) is -0.210. The Morgan fingerprint density at radius 1 is 1.35 bits per heavy atom. The van der Waals surface area contributed by atoms with Gasteiger partial charge in [0.05, 0.1) is 6.61 Å². The van der Waals surface area contributed by atoms with E-state index in [1.54, 1.807) is 31.1 Å². The van der Waals surface area contributed by atoms with E-state index in [1.165, 1.54) is 18.2 Å². The van der Waals surface area contributed by atoms with E-state index in [4.69, 9.17) is 16.7 Å². The molecule has 0 radical (unpaired) electrons. The first-order valence-electron chi connectivity index (χ1n) is 6.92. The second kappa shape index (κ2) is 7.39. The molecule has 0 atom stereocenters. The van der Waals surface area contributed by atoms with Crippen molar-refractivity contribution in [3.63, 3.8) is 0 Å². The van der Waals surface area contributed by atoms with Gasteiger partial charge in [0.2, 0.25) is 0 Å². The molecule has 0 saturated heterocycles. The van der Waals surface area contributed by atoms with E-state index < -0.39 is 5.82 Å². The van der Waals surface area contributed by atoms with Crippen LogP contribution in [0.1, 0.15) is 21.5 Å². The van der Waals surface area contributed by atoms with E-state index in [2.05, 4.69) is 10.3 Å². The number of nitrogens with one attached hydrogen (secondary N) is 1. The third-order valence-corrected chi connectivity index (χ3v) is 3.43. The van der Waals surface area contributed by atoms with Crippen LogP contribution >= 0.6 is 11.6 Å². The minimum absolute atomic E-state index is 0.193. The number of anilines is 1. The number of aromatic nitrogens is 1. The van der Waals surface area contributed by atoms with Crippen LogP contribution in [-0.2, 0) is 13.2 Å². The lowest BCUT2D eigenvalue weighted by Gasteiger charge is -2.13. The number of aliphatic hydroxyl groups excluding tert-OH is 1. The first-order chi connectivity index (χ1) is 10.9. The van der Waals surface area contributed by atoms with Crippen LogP contribution in [0.25, 0.3) is 0 Å². The number of halogens is 2. The summed E-state index contributed by atoms with van der Waals surface area (Å²) in [6, 6.07) is 7.44. The Kier molecular flexibility index (Phi) is 5.52. The summed E-state index contributed by atoms with van der Waals surface area (Å²) in [7, 11) is 3.60. The summed E-state index contributed by atoms with van der Waals surface area (Å²) in [4.78, 5) is 18.1. The molecule has 2 aromatic rings. The number of rotatable bonds is 5. The average molecular weight is 338 g/mol. The van der Waals surface area contributed by atoms with Crippen LogP contribution in [0.5, 0.6) is 0 Å². The highest BCUT2D eigenvalue weighted by molar-refractivity contribution is 6.29. The molecule has 1 heterocycles. The Morgan fingerprint density at radius 3 is 2.74 bits per heavy atom. The van der Waals surface area contributed by atoms with E-state index in [-0.39, 0.29) is 29.8 Å². The van der Waals surface area contributed by atoms with Crippen molar-refractivity contribution >= 4 is 23.3 Å². The zero-order valence-electron chi connectivity index (χ0n) is 12.8. The molecule has 0 fully saturated rings. The zero-order chi connectivity index (χ0) is 17.0. The monoisotopic (exact) mass is 337 g/mol. The standard InChI is InChI=1S/C16H17ClFN3O2/c1-21(2)15-7-11(6-14(17)20-15)16(23)19-8-10-3-4-13(18)12(5-10)9-22/h3-7,22H,8-9H2,1-2H3,(H,19,23). The lowest BCUT2D eigenvalue weighted by Crippen LogP contribution is -2.23. The van der Waals surface area contributed by atoms with E-state index in [9.17, 15) is 9.18 Å². The summed E-state index contributed by atoms with van der Waals surface area (Å²) in [5.41, 5.74) is 1.27. The first kappa shape index (κ1) is 17.2. The minimum atomic E-state index is -0.473. The summed E-state index contributed by atoms with van der Waals surface area (Å²) >= 11 is 5.93. The maximum atomic E-state index is 13.3. The number of carbonyl (C=O) groups is 1. The Bertz CT molecular complexity index is 722. The van der Waals surface area contributed by atoms with Crippen molar-refractivity contribution in [2.45, 2.75) is 13.2 Å². The topological polar surface area (TPSA) is 65.5 Å². The van der Waals surface area contributed by atoms with Crippen LogP contribution in [0, 0.1) is 5.82 Å². The van der Waals surface area contributed by atoms with Gasteiger partial charge >= 0.3 is 0 Å². The number of hydrogen-bond donors (Lipinski definition) is 2. The molecule has 0 saturated carbocycles. The molecule has 122 valence electrons. The molecule has 5 nitrogen and oxygen atoms in total. The maximum Gasteiger partial charge on any atom is 0.251 e. The van der Waals surface area contributed by atoms with Gasteiger partial charge in [-0.05, 0) is 29.8 Å². The lowest BCUT2D eigenvalue weighted by molar-refractivity contribution is 0.0951. The summed E-state index contributed by atoms with van der Waals surface area (Å²) < 4.78 is 13.3. The third kappa shape index (κ3) is 4.40. The van der Waals surface area contributed by atoms with Crippen LogP contribution in [0.3, 0.4) is 0 Å². The molecule has 0 spiro atoms. The second-order valence-electron chi connectivity index (χ2n) is 5.20. The smallest absolute Gasteiger partial charge is 0.251 e. The fourth-order valence-electron chi connectivity index (χ4n) is 1.99. The van der Waals surface area contributed by atoms with Crippen molar-refractivity contribution < 1.29 is 14.3 Å². The molecule has 2 rings (SSSR count). The highest BCUT2D eigenvalue weighted by atomic mass is 35.5. The summed E-state index contributed by atoms with van der Waals surface area (Å²) in [6.45, 7) is -0.177. The van der Waals surface area contributed by atoms with Gasteiger partial charge in [0.15, 0.2) is 0 Å². The number of pyridine rings is 1. The number of benzene rings is 1. The van der Waals surface area contributed by atoms with Crippen LogP contribution < -0.4 is 10.2 Å². The predicted molar refractivity (Wildman–Crippen MR) is 87.1 cm³/mol. The highest BCUT2D eigenvalue weighted by Crippen LogP contribution is 2.17. The quantitative estimate of drug-likeness (QED) is 0.822. The van der Waals surface area contributed by atoms with Crippen molar-refractivity contribution in [1.82, 2.24) is 10.3 Å². The van der Waals surface area contributed by atoms with Gasteiger partial charge in [-0.3, -0.25) is 4.79 Å². The molecule has 0 bridgehead atoms. The Labute approximate surface area is 138 Å². The van der Waals surface area contributed by atoms with E-state index >= 15 is 0 Å². The van der Waals surface area contributed by atoms with Crippen LogP contribution in [0.15, 0.2) is 30.3 Å². The number of carbonyl (C=O) groups excluding carboxylic acids is 1. The van der Waals surface area contributed by atoms with Crippen molar-refractivity contribution in [3.8, 4) is 0 Å². The number of hydrogen-bond acceptors (Lipinski definition) is 4. The van der Waals surface area contributed by atoms with Gasteiger partial charge in [-0.2, -0.15) is 0 Å². The van der Waals surface area contributed by atoms with Crippen molar-refractivity contribution in [2.24, 2.45) is 0 Å². The van der Waals surface area contributed by atoms with Crippen LogP contribution in [0.4, 0.5) is 10.2 Å². The highest BCUT2D eigenvalue weighted by Gasteiger charge is 2.11. The van der Waals surface area contributed by atoms with Crippen molar-refractivity contribution in [3.05, 3.63) is 58.0 Å². The van der Waals surface area contributed by atoms with Gasteiger partial charge < -0.3 is 15.3 Å². The average Bonchev–Trinajstić information content (AvgIpc) is 2.53. The molecule has 23 heavy (non-hydrogen) atoms.